The monoisotopic (exact) mass is 305 g/mol. The molecule has 1 aromatic heterocycles. The number of aryl methyl sites for hydroxylation is 1. The molecule has 0 aliphatic carbocycles. The summed E-state index contributed by atoms with van der Waals surface area (Å²) in [5.74, 6) is -0.0916. The summed E-state index contributed by atoms with van der Waals surface area (Å²) in [6.45, 7) is 1.17. The van der Waals surface area contributed by atoms with E-state index in [-0.39, 0.29) is 5.91 Å². The number of carbonyl (C=O) groups excluding carboxylic acids is 2. The molecule has 0 saturated carbocycles. The number of carbonyl (C=O) groups is 2. The van der Waals surface area contributed by atoms with Crippen LogP contribution in [0.3, 0.4) is 0 Å². The van der Waals surface area contributed by atoms with Gasteiger partial charge >= 0.3 is 6.09 Å². The second-order valence-corrected chi connectivity index (χ2v) is 5.39. The summed E-state index contributed by atoms with van der Waals surface area (Å²) in [5, 5.41) is 2.92. The molecule has 2 amide bonds. The van der Waals surface area contributed by atoms with E-state index in [1.54, 1.807) is 6.20 Å². The predicted molar refractivity (Wildman–Crippen MR) is 82.3 cm³/mol. The fraction of sp³-hybridized carbons (Fsp3) is 0.562. The van der Waals surface area contributed by atoms with E-state index in [1.807, 2.05) is 18.2 Å². The average Bonchev–Trinajstić information content (AvgIpc) is 2.58. The minimum Gasteiger partial charge on any atom is -0.453 e. The van der Waals surface area contributed by atoms with E-state index in [4.69, 9.17) is 4.74 Å². The molecular weight excluding hydrogens is 282 g/mol. The summed E-state index contributed by atoms with van der Waals surface area (Å²) in [5.41, 5.74) is 1.02. The van der Waals surface area contributed by atoms with Gasteiger partial charge in [-0.2, -0.15) is 0 Å². The van der Waals surface area contributed by atoms with Gasteiger partial charge in [0.25, 0.3) is 0 Å². The fourth-order valence-electron chi connectivity index (χ4n) is 2.68. The lowest BCUT2D eigenvalue weighted by Crippen LogP contribution is -2.52. The lowest BCUT2D eigenvalue weighted by Gasteiger charge is -2.33. The van der Waals surface area contributed by atoms with Crippen molar-refractivity contribution < 1.29 is 14.3 Å². The lowest BCUT2D eigenvalue weighted by molar-refractivity contribution is -0.126. The zero-order valence-corrected chi connectivity index (χ0v) is 13.0. The molecule has 120 valence electrons. The van der Waals surface area contributed by atoms with Gasteiger partial charge in [0.2, 0.25) is 5.91 Å². The molecule has 22 heavy (non-hydrogen) atoms. The molecule has 2 rings (SSSR count). The van der Waals surface area contributed by atoms with Crippen molar-refractivity contribution >= 4 is 12.0 Å². The number of aromatic nitrogens is 1. The normalized spacial score (nSPS) is 17.9. The third kappa shape index (κ3) is 4.44. The van der Waals surface area contributed by atoms with Crippen LogP contribution in [-0.4, -0.2) is 48.1 Å². The van der Waals surface area contributed by atoms with Gasteiger partial charge in [-0.25, -0.2) is 4.79 Å². The zero-order valence-electron chi connectivity index (χ0n) is 13.0. The SMILES string of the molecule is COC(=O)N1CCCC[C@@H]1C(=O)NCCCc1ccccn1. The van der Waals surface area contributed by atoms with Crippen molar-refractivity contribution in [1.29, 1.82) is 0 Å². The molecule has 0 unspecified atom stereocenters. The van der Waals surface area contributed by atoms with Crippen LogP contribution < -0.4 is 5.32 Å². The number of nitrogens with one attached hydrogen (secondary N) is 1. The lowest BCUT2D eigenvalue weighted by atomic mass is 10.0. The Hall–Kier alpha value is -2.11. The number of hydrogen-bond acceptors (Lipinski definition) is 4. The van der Waals surface area contributed by atoms with Crippen molar-refractivity contribution in [3.63, 3.8) is 0 Å². The average molecular weight is 305 g/mol. The smallest absolute Gasteiger partial charge is 0.410 e. The third-order valence-corrected chi connectivity index (χ3v) is 3.85. The van der Waals surface area contributed by atoms with Gasteiger partial charge in [0.1, 0.15) is 6.04 Å². The predicted octanol–water partition coefficient (Wildman–Crippen LogP) is 1.75. The van der Waals surface area contributed by atoms with Crippen molar-refractivity contribution in [3.05, 3.63) is 30.1 Å². The standard InChI is InChI=1S/C16H23N3O3/c1-22-16(21)19-12-5-3-9-14(19)15(20)18-11-6-8-13-7-2-4-10-17-13/h2,4,7,10,14H,3,5-6,8-9,11-12H2,1H3,(H,18,20)/t14-/m1/s1. The Kier molecular flexibility index (Phi) is 6.18. The Morgan fingerprint density at radius 2 is 2.27 bits per heavy atom. The first-order chi connectivity index (χ1) is 10.7. The number of pyridine rings is 1. The van der Waals surface area contributed by atoms with Crippen LogP contribution in [0.4, 0.5) is 4.79 Å². The molecule has 1 aliphatic heterocycles. The number of rotatable bonds is 5. The molecule has 1 atom stereocenters. The first-order valence-electron chi connectivity index (χ1n) is 7.74. The summed E-state index contributed by atoms with van der Waals surface area (Å²) in [6, 6.07) is 5.41. The molecule has 1 aliphatic rings. The third-order valence-electron chi connectivity index (χ3n) is 3.85. The molecule has 2 heterocycles. The van der Waals surface area contributed by atoms with Gasteiger partial charge in [-0.3, -0.25) is 14.7 Å². The minimum absolute atomic E-state index is 0.0916. The maximum Gasteiger partial charge on any atom is 0.410 e. The minimum atomic E-state index is -0.423. The van der Waals surface area contributed by atoms with Gasteiger partial charge < -0.3 is 10.1 Å². The molecule has 1 saturated heterocycles. The van der Waals surface area contributed by atoms with E-state index in [2.05, 4.69) is 10.3 Å². The largest absolute Gasteiger partial charge is 0.453 e. The summed E-state index contributed by atoms with van der Waals surface area (Å²) in [4.78, 5) is 29.8. The van der Waals surface area contributed by atoms with E-state index in [1.165, 1.54) is 12.0 Å². The van der Waals surface area contributed by atoms with Crippen molar-refractivity contribution in [2.75, 3.05) is 20.2 Å². The van der Waals surface area contributed by atoms with Crippen LogP contribution in [0.25, 0.3) is 0 Å². The highest BCUT2D eigenvalue weighted by Crippen LogP contribution is 2.18. The zero-order chi connectivity index (χ0) is 15.8. The van der Waals surface area contributed by atoms with Crippen molar-refractivity contribution in [1.82, 2.24) is 15.2 Å². The highest BCUT2D eigenvalue weighted by Gasteiger charge is 2.32. The molecule has 0 radical (unpaired) electrons. The highest BCUT2D eigenvalue weighted by atomic mass is 16.5. The second-order valence-electron chi connectivity index (χ2n) is 5.39. The number of amides is 2. The second kappa shape index (κ2) is 8.36. The molecule has 0 spiro atoms. The summed E-state index contributed by atoms with van der Waals surface area (Å²) in [6.07, 6.45) is 5.57. The summed E-state index contributed by atoms with van der Waals surface area (Å²) in [7, 11) is 1.35. The number of methoxy groups -OCH3 is 1. The summed E-state index contributed by atoms with van der Waals surface area (Å²) >= 11 is 0. The first-order valence-corrected chi connectivity index (χ1v) is 7.74. The summed E-state index contributed by atoms with van der Waals surface area (Å²) < 4.78 is 4.75. The molecule has 1 aromatic rings. The van der Waals surface area contributed by atoms with E-state index in [0.29, 0.717) is 19.5 Å². The van der Waals surface area contributed by atoms with Crippen molar-refractivity contribution in [2.45, 2.75) is 38.1 Å². The first kappa shape index (κ1) is 16.3. The van der Waals surface area contributed by atoms with E-state index in [9.17, 15) is 9.59 Å². The van der Waals surface area contributed by atoms with Gasteiger partial charge in [-0.1, -0.05) is 6.07 Å². The topological polar surface area (TPSA) is 71.5 Å². The van der Waals surface area contributed by atoms with Crippen molar-refractivity contribution in [2.24, 2.45) is 0 Å². The highest BCUT2D eigenvalue weighted by molar-refractivity contribution is 5.85. The molecule has 0 bridgehead atoms. The van der Waals surface area contributed by atoms with Gasteiger partial charge in [0.05, 0.1) is 7.11 Å². The molecular formula is C16H23N3O3. The van der Waals surface area contributed by atoms with Gasteiger partial charge in [0.15, 0.2) is 0 Å². The van der Waals surface area contributed by atoms with Crippen LogP contribution in [-0.2, 0) is 16.0 Å². The van der Waals surface area contributed by atoms with Crippen LogP contribution >= 0.6 is 0 Å². The molecule has 1 N–H and O–H groups in total. The number of hydrogen-bond donors (Lipinski definition) is 1. The maximum atomic E-state index is 12.3. The fourth-order valence-corrected chi connectivity index (χ4v) is 2.68. The number of nitrogens with zero attached hydrogens (tertiary/aromatic N) is 2. The van der Waals surface area contributed by atoms with Crippen LogP contribution in [0.1, 0.15) is 31.4 Å². The molecule has 1 fully saturated rings. The Morgan fingerprint density at radius 3 is 3.00 bits per heavy atom. The molecule has 0 aromatic carbocycles. The Balaban J connectivity index is 1.76. The molecule has 6 heteroatoms. The van der Waals surface area contributed by atoms with Crippen LogP contribution in [0, 0.1) is 0 Å². The number of ether oxygens (including phenoxy) is 1. The van der Waals surface area contributed by atoms with E-state index >= 15 is 0 Å². The van der Waals surface area contributed by atoms with Gasteiger partial charge in [-0.15, -0.1) is 0 Å². The Bertz CT molecular complexity index is 493. The van der Waals surface area contributed by atoms with Crippen molar-refractivity contribution in [3.8, 4) is 0 Å². The van der Waals surface area contributed by atoms with Gasteiger partial charge in [0, 0.05) is 25.0 Å². The molecule has 6 nitrogen and oxygen atoms in total. The Labute approximate surface area is 130 Å². The van der Waals surface area contributed by atoms with Crippen LogP contribution in [0.15, 0.2) is 24.4 Å². The van der Waals surface area contributed by atoms with E-state index < -0.39 is 12.1 Å². The van der Waals surface area contributed by atoms with E-state index in [0.717, 1.165) is 31.4 Å². The maximum absolute atomic E-state index is 12.3. The van der Waals surface area contributed by atoms with Crippen LogP contribution in [0.2, 0.25) is 0 Å². The number of piperidine rings is 1. The van der Waals surface area contributed by atoms with Gasteiger partial charge in [-0.05, 0) is 44.2 Å². The van der Waals surface area contributed by atoms with Crippen LogP contribution in [0.5, 0.6) is 0 Å². The quantitative estimate of drug-likeness (QED) is 0.841. The Morgan fingerprint density at radius 1 is 1.41 bits per heavy atom. The number of likely N-dealkylation sites (tertiary alicyclic amines) is 1.